The maximum Gasteiger partial charge on any atom is 0.141 e. The second-order valence-electron chi connectivity index (χ2n) is 2.66. The highest BCUT2D eigenvalue weighted by molar-refractivity contribution is 6.03. The molecule has 1 aromatic carbocycles. The molecule has 2 aromatic heterocycles. The smallest absolute Gasteiger partial charge is 0.141 e. The van der Waals surface area contributed by atoms with Crippen LogP contribution in [0.2, 0.25) is 0 Å². The van der Waals surface area contributed by atoms with Crippen LogP contribution in [0.5, 0.6) is 0 Å². The molecular formula is C8H5N3O. The Kier molecular flexibility index (Phi) is 0.889. The summed E-state index contributed by atoms with van der Waals surface area (Å²) in [6.07, 6.45) is 3.59. The summed E-state index contributed by atoms with van der Waals surface area (Å²) < 4.78 is 4.74. The second kappa shape index (κ2) is 1.85. The molecule has 0 amide bonds. The van der Waals surface area contributed by atoms with Crippen LogP contribution in [0.4, 0.5) is 0 Å². The fraction of sp³-hybridized carbons (Fsp3) is 0. The van der Waals surface area contributed by atoms with Gasteiger partial charge in [-0.2, -0.15) is 5.16 Å². The first-order valence-electron chi connectivity index (χ1n) is 3.61. The van der Waals surface area contributed by atoms with Crippen LogP contribution in [0, 0.1) is 0 Å². The largest absolute Gasteiger partial charge is 0.270 e. The topological polar surface area (TPSA) is 54.7 Å². The highest BCUT2D eigenvalue weighted by Gasteiger charge is 2.03. The van der Waals surface area contributed by atoms with Crippen molar-refractivity contribution in [2.24, 2.45) is 0 Å². The van der Waals surface area contributed by atoms with E-state index < -0.39 is 0 Å². The molecule has 1 N–H and O–H groups in total. The van der Waals surface area contributed by atoms with E-state index in [0.717, 1.165) is 21.8 Å². The molecule has 3 rings (SSSR count). The molecule has 4 heteroatoms. The Hall–Kier alpha value is -1.84. The van der Waals surface area contributed by atoms with Crippen molar-refractivity contribution in [1.82, 2.24) is 15.3 Å². The molecule has 0 saturated heterocycles. The second-order valence-corrected chi connectivity index (χ2v) is 2.66. The zero-order chi connectivity index (χ0) is 7.97. The van der Waals surface area contributed by atoms with E-state index >= 15 is 0 Å². The quantitative estimate of drug-likeness (QED) is 0.543. The Morgan fingerprint density at radius 3 is 3.25 bits per heavy atom. The predicted molar refractivity (Wildman–Crippen MR) is 43.7 cm³/mol. The minimum atomic E-state index is 0.838. The van der Waals surface area contributed by atoms with Gasteiger partial charge in [-0.15, -0.1) is 0 Å². The Balaban J connectivity index is 2.71. The summed E-state index contributed by atoms with van der Waals surface area (Å²) in [5.41, 5.74) is 1.74. The van der Waals surface area contributed by atoms with Crippen molar-refractivity contribution in [3.8, 4) is 0 Å². The summed E-state index contributed by atoms with van der Waals surface area (Å²) in [6, 6.07) is 3.91. The van der Waals surface area contributed by atoms with E-state index in [1.165, 1.54) is 0 Å². The average molecular weight is 159 g/mol. The van der Waals surface area contributed by atoms with Gasteiger partial charge in [-0.05, 0) is 6.07 Å². The molecule has 58 valence electrons. The summed E-state index contributed by atoms with van der Waals surface area (Å²) in [6.45, 7) is 0. The first kappa shape index (κ1) is 5.77. The van der Waals surface area contributed by atoms with E-state index in [0.29, 0.717) is 0 Å². The molecule has 3 aromatic rings. The number of hydrogen-bond donors (Lipinski definition) is 1. The normalized spacial score (nSPS) is 11.3. The Labute approximate surface area is 67.1 Å². The lowest BCUT2D eigenvalue weighted by molar-refractivity contribution is 0.316. The standard InChI is InChI=1S/C8H5N3O/c1-2-7-8(11-12-10-7)6-4-9-3-5(1)6/h1-4,10H. The van der Waals surface area contributed by atoms with Gasteiger partial charge in [-0.3, -0.25) is 9.61 Å². The number of H-pyrrole nitrogens is 1. The highest BCUT2D eigenvalue weighted by atomic mass is 16.6. The van der Waals surface area contributed by atoms with E-state index in [1.807, 2.05) is 18.3 Å². The summed E-state index contributed by atoms with van der Waals surface area (Å²) in [5, 5.41) is 8.65. The van der Waals surface area contributed by atoms with Crippen molar-refractivity contribution in [2.45, 2.75) is 0 Å². The molecule has 2 heterocycles. The van der Waals surface area contributed by atoms with Gasteiger partial charge in [0.05, 0.1) is 0 Å². The summed E-state index contributed by atoms with van der Waals surface area (Å²) in [4.78, 5) is 4.04. The lowest BCUT2D eigenvalue weighted by Crippen LogP contribution is -1.69. The van der Waals surface area contributed by atoms with Gasteiger partial charge in [-0.1, -0.05) is 11.2 Å². The first-order chi connectivity index (χ1) is 5.95. The van der Waals surface area contributed by atoms with E-state index in [4.69, 9.17) is 4.63 Å². The van der Waals surface area contributed by atoms with Crippen molar-refractivity contribution >= 4 is 21.8 Å². The predicted octanol–water partition coefficient (Wildman–Crippen LogP) is 1.70. The average Bonchev–Trinajstić information content (AvgIpc) is 2.71. The summed E-state index contributed by atoms with van der Waals surface area (Å²) in [5.74, 6) is 0. The van der Waals surface area contributed by atoms with Crippen LogP contribution in [-0.2, 0) is 0 Å². The zero-order valence-corrected chi connectivity index (χ0v) is 6.11. The number of aromatic amines is 1. The number of nitrogens with one attached hydrogen (secondary N) is 1. The maximum absolute atomic E-state index is 4.74. The molecule has 0 atom stereocenters. The van der Waals surface area contributed by atoms with E-state index in [9.17, 15) is 0 Å². The van der Waals surface area contributed by atoms with Crippen molar-refractivity contribution in [1.29, 1.82) is 0 Å². The summed E-state index contributed by atoms with van der Waals surface area (Å²) >= 11 is 0. The van der Waals surface area contributed by atoms with Crippen LogP contribution >= 0.6 is 0 Å². The van der Waals surface area contributed by atoms with Crippen molar-refractivity contribution < 1.29 is 4.63 Å². The molecule has 0 bridgehead atoms. The van der Waals surface area contributed by atoms with Crippen LogP contribution in [0.25, 0.3) is 21.8 Å². The SMILES string of the molecule is c1cc2[nH]onc2c2cncc12. The van der Waals surface area contributed by atoms with Gasteiger partial charge in [-0.25, -0.2) is 0 Å². The number of fused-ring (bicyclic) bond motifs is 3. The number of rotatable bonds is 0. The van der Waals surface area contributed by atoms with Crippen LogP contribution in [0.3, 0.4) is 0 Å². The highest BCUT2D eigenvalue weighted by Crippen LogP contribution is 2.21. The molecular weight excluding hydrogens is 154 g/mol. The fourth-order valence-corrected chi connectivity index (χ4v) is 1.36. The van der Waals surface area contributed by atoms with Crippen molar-refractivity contribution in [3.05, 3.63) is 24.5 Å². The first-order valence-corrected chi connectivity index (χ1v) is 3.61. The Morgan fingerprint density at radius 1 is 1.25 bits per heavy atom. The molecule has 12 heavy (non-hydrogen) atoms. The van der Waals surface area contributed by atoms with Crippen LogP contribution in [0.1, 0.15) is 0 Å². The third-order valence-corrected chi connectivity index (χ3v) is 1.96. The van der Waals surface area contributed by atoms with Crippen LogP contribution in [-0.4, -0.2) is 15.3 Å². The molecule has 0 fully saturated rings. The Bertz CT molecular complexity index is 487. The van der Waals surface area contributed by atoms with Crippen molar-refractivity contribution in [3.63, 3.8) is 0 Å². The molecule has 0 aliphatic rings. The van der Waals surface area contributed by atoms with Crippen LogP contribution in [0.15, 0.2) is 29.2 Å². The van der Waals surface area contributed by atoms with Crippen molar-refractivity contribution in [2.75, 3.05) is 0 Å². The lowest BCUT2D eigenvalue weighted by atomic mass is 10.2. The van der Waals surface area contributed by atoms with Gasteiger partial charge < -0.3 is 0 Å². The third-order valence-electron chi connectivity index (χ3n) is 1.96. The van der Waals surface area contributed by atoms with Gasteiger partial charge >= 0.3 is 0 Å². The number of nitrogens with zero attached hydrogens (tertiary/aromatic N) is 2. The Morgan fingerprint density at radius 2 is 2.25 bits per heavy atom. The number of aromatic nitrogens is 3. The van der Waals surface area contributed by atoms with E-state index in [1.54, 1.807) is 6.20 Å². The maximum atomic E-state index is 4.74. The third kappa shape index (κ3) is 0.567. The summed E-state index contributed by atoms with van der Waals surface area (Å²) in [7, 11) is 0. The van der Waals surface area contributed by atoms with Crippen LogP contribution < -0.4 is 0 Å². The molecule has 0 radical (unpaired) electrons. The van der Waals surface area contributed by atoms with E-state index in [2.05, 4.69) is 15.3 Å². The number of benzene rings is 1. The number of hydrogen-bond acceptors (Lipinski definition) is 3. The lowest BCUT2D eigenvalue weighted by Gasteiger charge is -1.86. The van der Waals surface area contributed by atoms with Gasteiger partial charge in [0, 0.05) is 23.2 Å². The molecule has 0 aliphatic carbocycles. The minimum absolute atomic E-state index is 0.838. The van der Waals surface area contributed by atoms with Gasteiger partial charge in [0.1, 0.15) is 11.0 Å². The molecule has 0 spiro atoms. The monoisotopic (exact) mass is 159 g/mol. The minimum Gasteiger partial charge on any atom is -0.270 e. The molecule has 0 saturated carbocycles. The fourth-order valence-electron chi connectivity index (χ4n) is 1.36. The van der Waals surface area contributed by atoms with Gasteiger partial charge in [0.25, 0.3) is 0 Å². The van der Waals surface area contributed by atoms with Gasteiger partial charge in [0.2, 0.25) is 0 Å². The molecule has 4 nitrogen and oxygen atoms in total. The van der Waals surface area contributed by atoms with Gasteiger partial charge in [0.15, 0.2) is 0 Å². The zero-order valence-electron chi connectivity index (χ0n) is 6.11. The molecule has 0 unspecified atom stereocenters. The molecule has 0 aliphatic heterocycles. The van der Waals surface area contributed by atoms with E-state index in [-0.39, 0.29) is 0 Å².